The number of amides is 1. The minimum absolute atomic E-state index is 0.0352. The summed E-state index contributed by atoms with van der Waals surface area (Å²) in [6, 6.07) is -0.604. The summed E-state index contributed by atoms with van der Waals surface area (Å²) in [7, 11) is 0. The molecule has 4 nitrogen and oxygen atoms in total. The molecule has 1 saturated carbocycles. The average Bonchev–Trinajstić information content (AvgIpc) is 2.36. The lowest BCUT2D eigenvalue weighted by Crippen LogP contribution is -2.47. The highest BCUT2D eigenvalue weighted by molar-refractivity contribution is 5.79. The molecule has 3 N–H and O–H groups in total. The first-order valence-corrected chi connectivity index (χ1v) is 6.80. The second-order valence-corrected chi connectivity index (χ2v) is 5.27. The molecular formula is C14H25NO3. The topological polar surface area (TPSA) is 69.6 Å². The molecule has 18 heavy (non-hydrogen) atoms. The molecule has 0 bridgehead atoms. The van der Waals surface area contributed by atoms with Gasteiger partial charge in [-0.15, -0.1) is 0 Å². The lowest BCUT2D eigenvalue weighted by Gasteiger charge is -2.28. The second kappa shape index (κ2) is 7.54. The first-order chi connectivity index (χ1) is 8.58. The second-order valence-electron chi connectivity index (χ2n) is 5.27. The van der Waals surface area contributed by atoms with Crippen molar-refractivity contribution in [1.82, 2.24) is 5.32 Å². The molecule has 2 atom stereocenters. The minimum Gasteiger partial charge on any atom is -0.394 e. The van der Waals surface area contributed by atoms with E-state index in [2.05, 4.69) is 12.2 Å². The third-order valence-corrected chi connectivity index (χ3v) is 3.71. The number of hydrogen-bond acceptors (Lipinski definition) is 3. The van der Waals surface area contributed by atoms with E-state index in [1.165, 1.54) is 0 Å². The van der Waals surface area contributed by atoms with E-state index in [1.54, 1.807) is 19.1 Å². The normalized spacial score (nSPS) is 28.0. The lowest BCUT2D eigenvalue weighted by atomic mass is 9.82. The fourth-order valence-electron chi connectivity index (χ4n) is 2.39. The van der Waals surface area contributed by atoms with Gasteiger partial charge in [-0.05, 0) is 38.5 Å². The summed E-state index contributed by atoms with van der Waals surface area (Å²) in [4.78, 5) is 12.0. The summed E-state index contributed by atoms with van der Waals surface area (Å²) in [5, 5.41) is 21.7. The molecule has 0 aliphatic heterocycles. The highest BCUT2D eigenvalue weighted by Gasteiger charge is 2.27. The van der Waals surface area contributed by atoms with Gasteiger partial charge < -0.3 is 15.5 Å². The number of aliphatic hydroxyl groups excluding tert-OH is 2. The average molecular weight is 255 g/mol. The summed E-state index contributed by atoms with van der Waals surface area (Å²) < 4.78 is 0. The fourth-order valence-corrected chi connectivity index (χ4v) is 2.39. The van der Waals surface area contributed by atoms with Gasteiger partial charge in [0.05, 0.1) is 18.8 Å². The molecule has 0 aromatic heterocycles. The van der Waals surface area contributed by atoms with Crippen molar-refractivity contribution in [2.75, 3.05) is 6.61 Å². The van der Waals surface area contributed by atoms with Gasteiger partial charge in [0.15, 0.2) is 0 Å². The van der Waals surface area contributed by atoms with Gasteiger partial charge in [-0.25, -0.2) is 0 Å². The molecule has 0 spiro atoms. The van der Waals surface area contributed by atoms with Crippen LogP contribution in [0.25, 0.3) is 0 Å². The van der Waals surface area contributed by atoms with Gasteiger partial charge in [0.2, 0.25) is 5.91 Å². The summed E-state index contributed by atoms with van der Waals surface area (Å²) in [6.07, 6.45) is 6.44. The van der Waals surface area contributed by atoms with Gasteiger partial charge in [-0.1, -0.05) is 19.1 Å². The monoisotopic (exact) mass is 255 g/mol. The highest BCUT2D eigenvalue weighted by atomic mass is 16.3. The molecule has 4 heteroatoms. The number of carbonyl (C=O) groups is 1. The molecule has 1 amide bonds. The van der Waals surface area contributed by atoms with Crippen molar-refractivity contribution in [1.29, 1.82) is 0 Å². The summed E-state index contributed by atoms with van der Waals surface area (Å²) in [5.41, 5.74) is 0. The van der Waals surface area contributed by atoms with Crippen LogP contribution >= 0.6 is 0 Å². The first-order valence-electron chi connectivity index (χ1n) is 6.80. The smallest absolute Gasteiger partial charge is 0.223 e. The van der Waals surface area contributed by atoms with Gasteiger partial charge in [0.1, 0.15) is 0 Å². The van der Waals surface area contributed by atoms with E-state index in [0.717, 1.165) is 25.7 Å². The van der Waals surface area contributed by atoms with E-state index in [-0.39, 0.29) is 18.4 Å². The molecule has 1 aliphatic rings. The van der Waals surface area contributed by atoms with Crippen LogP contribution in [0.3, 0.4) is 0 Å². The Bertz CT molecular complexity index is 283. The van der Waals surface area contributed by atoms with Gasteiger partial charge in [0, 0.05) is 5.92 Å². The number of aliphatic hydroxyl groups is 2. The molecule has 1 aliphatic carbocycles. The van der Waals surface area contributed by atoms with E-state index >= 15 is 0 Å². The predicted molar refractivity (Wildman–Crippen MR) is 71.0 cm³/mol. The Hall–Kier alpha value is -0.870. The SMILES string of the molecule is C/C=C/[C@@H](O)[C@H](CO)NC(=O)C1CCC(C)CC1. The molecule has 104 valence electrons. The number of allylic oxidation sites excluding steroid dienone is 1. The van der Waals surface area contributed by atoms with Crippen molar-refractivity contribution in [3.05, 3.63) is 12.2 Å². The fraction of sp³-hybridized carbons (Fsp3) is 0.786. The molecule has 0 radical (unpaired) electrons. The summed E-state index contributed by atoms with van der Waals surface area (Å²) >= 11 is 0. The van der Waals surface area contributed by atoms with E-state index in [1.807, 2.05) is 0 Å². The van der Waals surface area contributed by atoms with Crippen LogP contribution in [0.15, 0.2) is 12.2 Å². The van der Waals surface area contributed by atoms with Crippen LogP contribution in [0.2, 0.25) is 0 Å². The minimum atomic E-state index is -0.827. The third-order valence-electron chi connectivity index (χ3n) is 3.71. The van der Waals surface area contributed by atoms with Crippen molar-refractivity contribution >= 4 is 5.91 Å². The van der Waals surface area contributed by atoms with Gasteiger partial charge in [0.25, 0.3) is 0 Å². The Kier molecular flexibility index (Phi) is 6.36. The van der Waals surface area contributed by atoms with Crippen molar-refractivity contribution < 1.29 is 15.0 Å². The Morgan fingerprint density at radius 1 is 1.39 bits per heavy atom. The van der Waals surface area contributed by atoms with Crippen molar-refractivity contribution in [3.63, 3.8) is 0 Å². The zero-order chi connectivity index (χ0) is 13.5. The zero-order valence-electron chi connectivity index (χ0n) is 11.3. The van der Waals surface area contributed by atoms with Gasteiger partial charge in [-0.3, -0.25) is 4.79 Å². The molecule has 0 unspecified atom stereocenters. The quantitative estimate of drug-likeness (QED) is 0.647. The van der Waals surface area contributed by atoms with E-state index in [4.69, 9.17) is 0 Å². The van der Waals surface area contributed by atoms with Crippen LogP contribution in [0.5, 0.6) is 0 Å². The highest BCUT2D eigenvalue weighted by Crippen LogP contribution is 2.28. The Balaban J connectivity index is 2.46. The zero-order valence-corrected chi connectivity index (χ0v) is 11.3. The van der Waals surface area contributed by atoms with Crippen molar-refractivity contribution in [2.24, 2.45) is 11.8 Å². The van der Waals surface area contributed by atoms with Crippen LogP contribution < -0.4 is 5.32 Å². The van der Waals surface area contributed by atoms with Crippen LogP contribution in [0, 0.1) is 11.8 Å². The largest absolute Gasteiger partial charge is 0.394 e. The predicted octanol–water partition coefficient (Wildman–Crippen LogP) is 1.23. The Morgan fingerprint density at radius 3 is 2.50 bits per heavy atom. The summed E-state index contributed by atoms with van der Waals surface area (Å²) in [6.45, 7) is 3.75. The molecular weight excluding hydrogens is 230 g/mol. The molecule has 0 aromatic carbocycles. The Morgan fingerprint density at radius 2 is 2.00 bits per heavy atom. The molecule has 0 heterocycles. The maximum Gasteiger partial charge on any atom is 0.223 e. The third kappa shape index (κ3) is 4.42. The van der Waals surface area contributed by atoms with E-state index in [9.17, 15) is 15.0 Å². The summed E-state index contributed by atoms with van der Waals surface area (Å²) in [5.74, 6) is 0.703. The number of carbonyl (C=O) groups excluding carboxylic acids is 1. The molecule has 1 rings (SSSR count). The maximum atomic E-state index is 12.0. The van der Waals surface area contributed by atoms with Crippen LogP contribution in [0.1, 0.15) is 39.5 Å². The van der Waals surface area contributed by atoms with E-state index in [0.29, 0.717) is 5.92 Å². The van der Waals surface area contributed by atoms with Crippen molar-refractivity contribution in [2.45, 2.75) is 51.7 Å². The molecule has 0 saturated heterocycles. The number of hydrogen-bond donors (Lipinski definition) is 3. The lowest BCUT2D eigenvalue weighted by molar-refractivity contribution is -0.128. The van der Waals surface area contributed by atoms with Crippen LogP contribution in [-0.2, 0) is 4.79 Å². The molecule has 1 fully saturated rings. The standard InChI is InChI=1S/C14H25NO3/c1-3-4-13(17)12(9-16)15-14(18)11-7-5-10(2)6-8-11/h3-4,10-13,16-17H,5-9H2,1-2H3,(H,15,18)/b4-3+/t10?,11?,12-,13+/m0/s1. The first kappa shape index (κ1) is 15.2. The van der Waals surface area contributed by atoms with Crippen LogP contribution in [-0.4, -0.2) is 34.9 Å². The Labute approximate surface area is 109 Å². The van der Waals surface area contributed by atoms with Crippen LogP contribution in [0.4, 0.5) is 0 Å². The molecule has 0 aromatic rings. The van der Waals surface area contributed by atoms with E-state index < -0.39 is 12.1 Å². The maximum absolute atomic E-state index is 12.0. The van der Waals surface area contributed by atoms with Crippen molar-refractivity contribution in [3.8, 4) is 0 Å². The van der Waals surface area contributed by atoms with Gasteiger partial charge >= 0.3 is 0 Å². The number of rotatable bonds is 5. The number of nitrogens with one attached hydrogen (secondary N) is 1. The van der Waals surface area contributed by atoms with Gasteiger partial charge in [-0.2, -0.15) is 0 Å².